The maximum Gasteiger partial charge on any atom is 0.0515 e. The molecule has 1 aliphatic rings. The Balaban J connectivity index is 2.64. The number of aliphatic hydroxyl groups is 1. The standard InChI is InChI=1S/C12H24O/c1-7(13)6-12-10(4)8(2)9(3)11(12)5/h7-13H,6H2,1-5H3/t7?,8?,9?,10-,11?,12?/m0/s1. The van der Waals surface area contributed by atoms with E-state index in [9.17, 15) is 5.11 Å². The van der Waals surface area contributed by atoms with Crippen molar-refractivity contribution < 1.29 is 5.11 Å². The second kappa shape index (κ2) is 4.00. The fourth-order valence-corrected chi connectivity index (χ4v) is 3.04. The molecule has 0 aromatic heterocycles. The van der Waals surface area contributed by atoms with Crippen molar-refractivity contribution in [1.82, 2.24) is 0 Å². The smallest absolute Gasteiger partial charge is 0.0515 e. The van der Waals surface area contributed by atoms with Crippen LogP contribution in [0.15, 0.2) is 0 Å². The maximum atomic E-state index is 9.42. The van der Waals surface area contributed by atoms with Crippen LogP contribution in [0.3, 0.4) is 0 Å². The largest absolute Gasteiger partial charge is 0.393 e. The van der Waals surface area contributed by atoms with Crippen LogP contribution in [-0.2, 0) is 0 Å². The molecule has 1 heteroatoms. The number of hydrogen-bond acceptors (Lipinski definition) is 1. The molecule has 1 N–H and O–H groups in total. The van der Waals surface area contributed by atoms with Crippen LogP contribution in [-0.4, -0.2) is 11.2 Å². The van der Waals surface area contributed by atoms with Crippen molar-refractivity contribution in [3.63, 3.8) is 0 Å². The van der Waals surface area contributed by atoms with Crippen molar-refractivity contribution >= 4 is 0 Å². The maximum absolute atomic E-state index is 9.42. The third-order valence-corrected chi connectivity index (χ3v) is 4.45. The highest BCUT2D eigenvalue weighted by Gasteiger charge is 2.41. The Morgan fingerprint density at radius 1 is 0.923 bits per heavy atom. The molecule has 0 radical (unpaired) electrons. The molecule has 1 aliphatic carbocycles. The lowest BCUT2D eigenvalue weighted by atomic mass is 9.85. The number of hydrogen-bond donors (Lipinski definition) is 1. The number of aliphatic hydroxyl groups excluding tert-OH is 1. The van der Waals surface area contributed by atoms with E-state index in [1.54, 1.807) is 0 Å². The van der Waals surface area contributed by atoms with Crippen molar-refractivity contribution in [2.24, 2.45) is 29.6 Å². The Labute approximate surface area is 82.5 Å². The zero-order chi connectivity index (χ0) is 10.2. The molecule has 0 saturated heterocycles. The minimum absolute atomic E-state index is 0.132. The third-order valence-electron chi connectivity index (χ3n) is 4.45. The third kappa shape index (κ3) is 2.07. The summed E-state index contributed by atoms with van der Waals surface area (Å²) in [5.41, 5.74) is 0. The first kappa shape index (κ1) is 11.0. The van der Waals surface area contributed by atoms with Crippen molar-refractivity contribution in [3.05, 3.63) is 0 Å². The molecule has 0 heterocycles. The Morgan fingerprint density at radius 3 is 1.62 bits per heavy atom. The lowest BCUT2D eigenvalue weighted by Gasteiger charge is -2.22. The zero-order valence-electron chi connectivity index (χ0n) is 9.62. The van der Waals surface area contributed by atoms with E-state index in [-0.39, 0.29) is 6.10 Å². The van der Waals surface area contributed by atoms with Gasteiger partial charge in [0.25, 0.3) is 0 Å². The van der Waals surface area contributed by atoms with Crippen LogP contribution < -0.4 is 0 Å². The van der Waals surface area contributed by atoms with Crippen LogP contribution in [0.4, 0.5) is 0 Å². The van der Waals surface area contributed by atoms with E-state index in [4.69, 9.17) is 0 Å². The SMILES string of the molecule is CC(O)CC1C(C)C(C)C(C)[C@@H]1C. The van der Waals surface area contributed by atoms with E-state index in [1.165, 1.54) is 0 Å². The van der Waals surface area contributed by atoms with Gasteiger partial charge in [0.15, 0.2) is 0 Å². The van der Waals surface area contributed by atoms with Crippen LogP contribution in [0.1, 0.15) is 41.0 Å². The monoisotopic (exact) mass is 184 g/mol. The normalized spacial score (nSPS) is 48.0. The highest BCUT2D eigenvalue weighted by atomic mass is 16.3. The molecule has 6 atom stereocenters. The quantitative estimate of drug-likeness (QED) is 0.699. The van der Waals surface area contributed by atoms with Gasteiger partial charge >= 0.3 is 0 Å². The molecule has 1 saturated carbocycles. The summed E-state index contributed by atoms with van der Waals surface area (Å²) < 4.78 is 0. The average molecular weight is 184 g/mol. The highest BCUT2D eigenvalue weighted by molar-refractivity contribution is 4.89. The van der Waals surface area contributed by atoms with Gasteiger partial charge in [-0.25, -0.2) is 0 Å². The Morgan fingerprint density at radius 2 is 1.31 bits per heavy atom. The summed E-state index contributed by atoms with van der Waals surface area (Å²) >= 11 is 0. The van der Waals surface area contributed by atoms with Gasteiger partial charge in [0, 0.05) is 0 Å². The second-order valence-corrected chi connectivity index (χ2v) is 5.19. The van der Waals surface area contributed by atoms with Gasteiger partial charge in [0.2, 0.25) is 0 Å². The summed E-state index contributed by atoms with van der Waals surface area (Å²) in [6, 6.07) is 0. The molecule has 0 bridgehead atoms. The van der Waals surface area contributed by atoms with Crippen LogP contribution in [0.25, 0.3) is 0 Å². The van der Waals surface area contributed by atoms with E-state index in [0.717, 1.165) is 36.0 Å². The van der Waals surface area contributed by atoms with Gasteiger partial charge in [-0.15, -0.1) is 0 Å². The summed E-state index contributed by atoms with van der Waals surface area (Å²) in [7, 11) is 0. The molecular weight excluding hydrogens is 160 g/mol. The lowest BCUT2D eigenvalue weighted by molar-refractivity contribution is 0.133. The van der Waals surface area contributed by atoms with Crippen molar-refractivity contribution in [3.8, 4) is 0 Å². The van der Waals surface area contributed by atoms with Gasteiger partial charge in [-0.3, -0.25) is 0 Å². The summed E-state index contributed by atoms with van der Waals surface area (Å²) in [5.74, 6) is 3.92. The minimum atomic E-state index is -0.132. The van der Waals surface area contributed by atoms with Crippen LogP contribution in [0.2, 0.25) is 0 Å². The molecular formula is C12H24O. The Kier molecular flexibility index (Phi) is 3.39. The Bertz CT molecular complexity index is 151. The van der Waals surface area contributed by atoms with E-state index >= 15 is 0 Å². The fourth-order valence-electron chi connectivity index (χ4n) is 3.04. The van der Waals surface area contributed by atoms with E-state index in [1.807, 2.05) is 6.92 Å². The predicted molar refractivity (Wildman–Crippen MR) is 56.4 cm³/mol. The summed E-state index contributed by atoms with van der Waals surface area (Å²) in [4.78, 5) is 0. The van der Waals surface area contributed by atoms with Gasteiger partial charge in [0.1, 0.15) is 0 Å². The molecule has 0 aromatic rings. The summed E-state index contributed by atoms with van der Waals surface area (Å²) in [5, 5.41) is 9.42. The second-order valence-electron chi connectivity index (χ2n) is 5.19. The molecule has 1 fully saturated rings. The molecule has 1 nitrogen and oxygen atoms in total. The lowest BCUT2D eigenvalue weighted by Crippen LogP contribution is -2.18. The van der Waals surface area contributed by atoms with Gasteiger partial charge in [0.05, 0.1) is 6.10 Å². The first-order valence-electron chi connectivity index (χ1n) is 5.63. The molecule has 5 unspecified atom stereocenters. The first-order valence-corrected chi connectivity index (χ1v) is 5.63. The van der Waals surface area contributed by atoms with E-state index in [0.29, 0.717) is 0 Å². The van der Waals surface area contributed by atoms with Gasteiger partial charge in [-0.05, 0) is 42.9 Å². The predicted octanol–water partition coefficient (Wildman–Crippen LogP) is 2.93. The first-order chi connectivity index (χ1) is 5.95. The Hall–Kier alpha value is -0.0400. The molecule has 0 spiro atoms. The molecule has 0 aliphatic heterocycles. The van der Waals surface area contributed by atoms with Crippen LogP contribution in [0, 0.1) is 29.6 Å². The molecule has 1 rings (SSSR count). The molecule has 13 heavy (non-hydrogen) atoms. The van der Waals surface area contributed by atoms with Crippen molar-refractivity contribution in [2.45, 2.75) is 47.1 Å². The average Bonchev–Trinajstić information content (AvgIpc) is 2.22. The molecule has 0 aromatic carbocycles. The van der Waals surface area contributed by atoms with Crippen LogP contribution in [0.5, 0.6) is 0 Å². The zero-order valence-corrected chi connectivity index (χ0v) is 9.62. The topological polar surface area (TPSA) is 20.2 Å². The van der Waals surface area contributed by atoms with Crippen molar-refractivity contribution in [2.75, 3.05) is 0 Å². The fraction of sp³-hybridized carbons (Fsp3) is 1.00. The van der Waals surface area contributed by atoms with Gasteiger partial charge in [-0.1, -0.05) is 27.7 Å². The van der Waals surface area contributed by atoms with Crippen molar-refractivity contribution in [1.29, 1.82) is 0 Å². The minimum Gasteiger partial charge on any atom is -0.393 e. The highest BCUT2D eigenvalue weighted by Crippen LogP contribution is 2.47. The number of rotatable bonds is 2. The molecule has 0 amide bonds. The van der Waals surface area contributed by atoms with Gasteiger partial charge < -0.3 is 5.11 Å². The summed E-state index contributed by atoms with van der Waals surface area (Å²) in [6.45, 7) is 11.3. The van der Waals surface area contributed by atoms with Crippen LogP contribution >= 0.6 is 0 Å². The summed E-state index contributed by atoms with van der Waals surface area (Å²) in [6.07, 6.45) is 0.851. The van der Waals surface area contributed by atoms with Gasteiger partial charge in [-0.2, -0.15) is 0 Å². The van der Waals surface area contributed by atoms with E-state index < -0.39 is 0 Å². The molecule has 78 valence electrons. The van der Waals surface area contributed by atoms with E-state index in [2.05, 4.69) is 27.7 Å².